The molecule has 194 valence electrons. The van der Waals surface area contributed by atoms with Crippen molar-refractivity contribution in [1.82, 2.24) is 4.98 Å². The maximum atomic E-state index is 13.4. The van der Waals surface area contributed by atoms with Crippen molar-refractivity contribution >= 4 is 17.6 Å². The number of carbonyl (C=O) groups excluding carboxylic acids is 1. The molecule has 37 heavy (non-hydrogen) atoms. The molecular formula is C26H22ClF2NO7. The second-order valence-electron chi connectivity index (χ2n) is 8.92. The molecule has 11 heteroatoms. The number of aromatic nitrogens is 1. The Morgan fingerprint density at radius 2 is 1.73 bits per heavy atom. The second kappa shape index (κ2) is 8.63. The standard InChI is InChI=1S/C26H22ClF2NO7/c1-35-22-19-16(12-17(27)30-22)37-25(15-10-8-14(9-11-15)21(28)29)18(13-6-4-3-5-7-13)20(23(31)36-2)24(19,32)26(25,33)34/h3-12,18,20-21,32-34H,1-2H3/t18-,20-,24+,25-/m1/s1. The van der Waals surface area contributed by atoms with E-state index in [0.717, 1.165) is 19.2 Å². The van der Waals surface area contributed by atoms with E-state index in [2.05, 4.69) is 4.98 Å². The number of ether oxygens (including phenoxy) is 3. The SMILES string of the molecule is COC(=O)[C@H]1[C@@H](c2ccccc2)[C@@]2(c3ccc(C(F)F)cc3)Oc3cc(Cl)nc(OC)c3[C@@]1(O)C2(O)O. The van der Waals surface area contributed by atoms with Gasteiger partial charge in [-0.3, -0.25) is 4.79 Å². The van der Waals surface area contributed by atoms with Crippen LogP contribution in [0.5, 0.6) is 11.6 Å². The number of alkyl halides is 2. The first-order chi connectivity index (χ1) is 17.5. The number of carbonyl (C=O) groups is 1. The Kier molecular flexibility index (Phi) is 5.91. The number of halogens is 3. The molecule has 0 radical (unpaired) electrons. The van der Waals surface area contributed by atoms with Gasteiger partial charge in [0.2, 0.25) is 11.7 Å². The molecule has 1 saturated carbocycles. The summed E-state index contributed by atoms with van der Waals surface area (Å²) < 4.78 is 43.4. The van der Waals surface area contributed by atoms with E-state index in [1.54, 1.807) is 30.3 Å². The van der Waals surface area contributed by atoms with Crippen molar-refractivity contribution in [1.29, 1.82) is 0 Å². The predicted octanol–water partition coefficient (Wildman–Crippen LogP) is 3.42. The van der Waals surface area contributed by atoms with Crippen LogP contribution in [0.15, 0.2) is 60.7 Å². The number of fused-ring (bicyclic) bond motifs is 4. The van der Waals surface area contributed by atoms with Crippen LogP contribution in [-0.4, -0.2) is 46.3 Å². The molecule has 3 aromatic rings. The first-order valence-electron chi connectivity index (χ1n) is 11.2. The van der Waals surface area contributed by atoms with E-state index in [4.69, 9.17) is 25.8 Å². The van der Waals surface area contributed by atoms with Gasteiger partial charge in [-0.15, -0.1) is 0 Å². The van der Waals surface area contributed by atoms with Crippen molar-refractivity contribution in [2.75, 3.05) is 14.2 Å². The van der Waals surface area contributed by atoms with Gasteiger partial charge in [0.05, 0.1) is 25.7 Å². The molecule has 0 saturated heterocycles. The lowest BCUT2D eigenvalue weighted by atomic mass is 9.74. The predicted molar refractivity (Wildman–Crippen MR) is 125 cm³/mol. The Morgan fingerprint density at radius 3 is 2.30 bits per heavy atom. The third-order valence-corrected chi connectivity index (χ3v) is 7.43. The van der Waals surface area contributed by atoms with Crippen LogP contribution in [0.4, 0.5) is 8.78 Å². The van der Waals surface area contributed by atoms with Gasteiger partial charge >= 0.3 is 5.97 Å². The monoisotopic (exact) mass is 533 g/mol. The maximum Gasteiger partial charge on any atom is 0.312 e. The number of hydrogen-bond acceptors (Lipinski definition) is 8. The highest BCUT2D eigenvalue weighted by atomic mass is 35.5. The first-order valence-corrected chi connectivity index (χ1v) is 11.5. The Hall–Kier alpha value is -3.31. The van der Waals surface area contributed by atoms with Crippen LogP contribution in [0.3, 0.4) is 0 Å². The number of aliphatic hydroxyl groups is 3. The molecule has 0 spiro atoms. The van der Waals surface area contributed by atoms with Crippen molar-refractivity contribution in [3.8, 4) is 11.6 Å². The number of benzene rings is 2. The molecule has 2 aromatic carbocycles. The minimum atomic E-state index is -3.23. The molecule has 0 unspecified atom stereocenters. The highest BCUT2D eigenvalue weighted by molar-refractivity contribution is 6.29. The molecule has 1 aliphatic heterocycles. The molecule has 5 rings (SSSR count). The van der Waals surface area contributed by atoms with Crippen molar-refractivity contribution in [3.05, 3.63) is 88.1 Å². The summed E-state index contributed by atoms with van der Waals surface area (Å²) in [5.74, 6) is -7.63. The van der Waals surface area contributed by atoms with E-state index in [9.17, 15) is 28.9 Å². The molecule has 4 atom stereocenters. The average Bonchev–Trinajstić information content (AvgIpc) is 2.97. The molecule has 2 aliphatic rings. The molecule has 2 heterocycles. The van der Waals surface area contributed by atoms with Gasteiger partial charge in [-0.05, 0) is 5.56 Å². The third-order valence-electron chi connectivity index (χ3n) is 7.24. The van der Waals surface area contributed by atoms with Crippen LogP contribution in [0.2, 0.25) is 5.15 Å². The lowest BCUT2D eigenvalue weighted by molar-refractivity contribution is -0.341. The van der Waals surface area contributed by atoms with Crippen molar-refractivity contribution < 1.29 is 43.1 Å². The van der Waals surface area contributed by atoms with E-state index in [0.29, 0.717) is 5.56 Å². The number of methoxy groups -OCH3 is 2. The van der Waals surface area contributed by atoms with Gasteiger partial charge in [-0.25, -0.2) is 13.8 Å². The topological polar surface area (TPSA) is 118 Å². The summed E-state index contributed by atoms with van der Waals surface area (Å²) in [5, 5.41) is 36.0. The lowest BCUT2D eigenvalue weighted by Gasteiger charge is -2.49. The largest absolute Gasteiger partial charge is 0.481 e. The molecule has 3 N–H and O–H groups in total. The molecule has 2 bridgehead atoms. The Morgan fingerprint density at radius 1 is 1.08 bits per heavy atom. The van der Waals surface area contributed by atoms with Gasteiger partial charge in [0, 0.05) is 17.2 Å². The van der Waals surface area contributed by atoms with E-state index < -0.39 is 41.2 Å². The highest BCUT2D eigenvalue weighted by Crippen LogP contribution is 2.71. The zero-order valence-corrected chi connectivity index (χ0v) is 20.3. The van der Waals surface area contributed by atoms with Crippen LogP contribution in [0.1, 0.15) is 34.6 Å². The molecule has 0 amide bonds. The fourth-order valence-corrected chi connectivity index (χ4v) is 5.89. The van der Waals surface area contributed by atoms with Crippen molar-refractivity contribution in [2.24, 2.45) is 5.92 Å². The fraction of sp³-hybridized carbons (Fsp3) is 0.308. The Bertz CT molecular complexity index is 1360. The van der Waals surface area contributed by atoms with Crippen LogP contribution < -0.4 is 9.47 Å². The quantitative estimate of drug-likeness (QED) is 0.259. The van der Waals surface area contributed by atoms with Crippen LogP contribution in [0.25, 0.3) is 0 Å². The number of esters is 1. The van der Waals surface area contributed by atoms with E-state index in [1.807, 2.05) is 0 Å². The summed E-state index contributed by atoms with van der Waals surface area (Å²) in [6.45, 7) is 0. The summed E-state index contributed by atoms with van der Waals surface area (Å²) in [6, 6.07) is 14.2. The summed E-state index contributed by atoms with van der Waals surface area (Å²) in [7, 11) is 2.32. The van der Waals surface area contributed by atoms with E-state index in [-0.39, 0.29) is 33.5 Å². The minimum absolute atomic E-state index is 0.0122. The minimum Gasteiger partial charge on any atom is -0.481 e. The van der Waals surface area contributed by atoms with Gasteiger partial charge in [0.15, 0.2) is 11.2 Å². The van der Waals surface area contributed by atoms with Crippen molar-refractivity contribution in [3.63, 3.8) is 0 Å². The average molecular weight is 534 g/mol. The van der Waals surface area contributed by atoms with Gasteiger partial charge in [0.1, 0.15) is 16.8 Å². The zero-order valence-electron chi connectivity index (χ0n) is 19.6. The van der Waals surface area contributed by atoms with Crippen LogP contribution >= 0.6 is 11.6 Å². The molecular weight excluding hydrogens is 512 g/mol. The first kappa shape index (κ1) is 25.3. The molecule has 8 nitrogen and oxygen atoms in total. The van der Waals surface area contributed by atoms with Gasteiger partial charge in [0.25, 0.3) is 6.43 Å². The zero-order chi connectivity index (χ0) is 26.8. The number of pyridine rings is 1. The summed E-state index contributed by atoms with van der Waals surface area (Å²) in [6.07, 6.45) is -2.78. The smallest absolute Gasteiger partial charge is 0.312 e. The molecule has 1 aromatic heterocycles. The lowest BCUT2D eigenvalue weighted by Crippen LogP contribution is -2.65. The maximum absolute atomic E-state index is 13.4. The van der Waals surface area contributed by atoms with Gasteiger partial charge < -0.3 is 29.5 Å². The Balaban J connectivity index is 1.93. The van der Waals surface area contributed by atoms with Crippen LogP contribution in [0, 0.1) is 5.92 Å². The fourth-order valence-electron chi connectivity index (χ4n) is 5.72. The number of rotatable bonds is 5. The molecule has 1 fully saturated rings. The third kappa shape index (κ3) is 3.23. The van der Waals surface area contributed by atoms with E-state index in [1.165, 1.54) is 25.3 Å². The Labute approximate surface area is 215 Å². The van der Waals surface area contributed by atoms with Gasteiger partial charge in [-0.1, -0.05) is 66.2 Å². The number of nitrogens with zero attached hydrogens (tertiary/aromatic N) is 1. The van der Waals surface area contributed by atoms with Gasteiger partial charge in [-0.2, -0.15) is 0 Å². The summed E-state index contributed by atoms with van der Waals surface area (Å²) >= 11 is 6.17. The summed E-state index contributed by atoms with van der Waals surface area (Å²) in [5.41, 5.74) is -5.36. The highest BCUT2D eigenvalue weighted by Gasteiger charge is 2.84. The van der Waals surface area contributed by atoms with Crippen molar-refractivity contribution in [2.45, 2.75) is 29.3 Å². The normalized spacial score (nSPS) is 27.4. The molecule has 1 aliphatic carbocycles. The summed E-state index contributed by atoms with van der Waals surface area (Å²) in [4.78, 5) is 17.4. The van der Waals surface area contributed by atoms with E-state index >= 15 is 0 Å². The second-order valence-corrected chi connectivity index (χ2v) is 9.30. The number of hydrogen-bond donors (Lipinski definition) is 3. The van der Waals surface area contributed by atoms with Crippen LogP contribution in [-0.2, 0) is 20.7 Å².